The number of nitrogens with one attached hydrogen (secondary N) is 3. The Hall–Kier alpha value is -4.25. The van der Waals surface area contributed by atoms with Crippen LogP contribution in [0, 0.1) is 17.0 Å². The number of ether oxygens (including phenoxy) is 1. The van der Waals surface area contributed by atoms with E-state index in [1.54, 1.807) is 11.0 Å². The van der Waals surface area contributed by atoms with Gasteiger partial charge in [-0.15, -0.1) is 12.4 Å². The number of rotatable bonds is 7. The van der Waals surface area contributed by atoms with Crippen LogP contribution in [-0.4, -0.2) is 40.8 Å². The van der Waals surface area contributed by atoms with E-state index in [1.807, 2.05) is 0 Å². The first-order valence-electron chi connectivity index (χ1n) is 11.7. The van der Waals surface area contributed by atoms with Gasteiger partial charge in [0.15, 0.2) is 0 Å². The SMILES string of the molecule is Cl.O=C(Nc1cc(Oc2ccc(NC(=O)C3(C(=O)Nc4ccc(F)cc4)CC3)c(F)c2)ccn1)N1CCC1. The van der Waals surface area contributed by atoms with Crippen molar-refractivity contribution in [1.82, 2.24) is 9.88 Å². The fourth-order valence-electron chi connectivity index (χ4n) is 3.76. The molecule has 1 saturated heterocycles. The highest BCUT2D eigenvalue weighted by atomic mass is 35.5. The lowest BCUT2D eigenvalue weighted by Crippen LogP contribution is -2.44. The summed E-state index contributed by atoms with van der Waals surface area (Å²) in [6.07, 6.45) is 3.05. The third-order valence-corrected chi connectivity index (χ3v) is 6.26. The maximum Gasteiger partial charge on any atom is 0.323 e. The largest absolute Gasteiger partial charge is 0.457 e. The maximum absolute atomic E-state index is 14.8. The van der Waals surface area contributed by atoms with Gasteiger partial charge in [-0.3, -0.25) is 14.9 Å². The minimum absolute atomic E-state index is 0. The number of urea groups is 1. The molecule has 0 spiro atoms. The van der Waals surface area contributed by atoms with Crippen LogP contribution in [0.4, 0.5) is 30.8 Å². The van der Waals surface area contributed by atoms with Gasteiger partial charge in [0.25, 0.3) is 0 Å². The molecule has 0 unspecified atom stereocenters. The van der Waals surface area contributed by atoms with E-state index in [1.165, 1.54) is 48.7 Å². The van der Waals surface area contributed by atoms with Crippen LogP contribution in [0.1, 0.15) is 19.3 Å². The lowest BCUT2D eigenvalue weighted by Gasteiger charge is -2.30. The summed E-state index contributed by atoms with van der Waals surface area (Å²) in [5, 5.41) is 7.77. The van der Waals surface area contributed by atoms with E-state index < -0.39 is 28.9 Å². The van der Waals surface area contributed by atoms with Crippen LogP contribution in [0.25, 0.3) is 0 Å². The summed E-state index contributed by atoms with van der Waals surface area (Å²) in [7, 11) is 0. The molecule has 38 heavy (non-hydrogen) atoms. The fraction of sp³-hybridized carbons (Fsp3) is 0.231. The van der Waals surface area contributed by atoms with Crippen molar-refractivity contribution in [2.45, 2.75) is 19.3 Å². The average molecular weight is 544 g/mol. The number of carbonyl (C=O) groups is 3. The maximum atomic E-state index is 14.8. The zero-order chi connectivity index (χ0) is 26.0. The monoisotopic (exact) mass is 543 g/mol. The molecule has 2 aliphatic rings. The number of carbonyl (C=O) groups excluding carboxylic acids is 3. The number of hydrogen-bond acceptors (Lipinski definition) is 5. The molecule has 1 saturated carbocycles. The van der Waals surface area contributed by atoms with Gasteiger partial charge in [-0.25, -0.2) is 18.6 Å². The van der Waals surface area contributed by atoms with E-state index in [0.717, 1.165) is 12.5 Å². The Balaban J connectivity index is 0.00000336. The van der Waals surface area contributed by atoms with Crippen molar-refractivity contribution >= 4 is 47.4 Å². The number of aromatic nitrogens is 1. The van der Waals surface area contributed by atoms with Crippen LogP contribution >= 0.6 is 12.4 Å². The van der Waals surface area contributed by atoms with Crippen molar-refractivity contribution in [3.63, 3.8) is 0 Å². The highest BCUT2D eigenvalue weighted by Crippen LogP contribution is 2.47. The van der Waals surface area contributed by atoms with Gasteiger partial charge in [0.1, 0.15) is 34.4 Å². The Morgan fingerprint density at radius 3 is 2.18 bits per heavy atom. The summed E-state index contributed by atoms with van der Waals surface area (Å²) in [6.45, 7) is 1.40. The molecular formula is C26H24ClF2N5O4. The van der Waals surface area contributed by atoms with E-state index in [0.29, 0.717) is 43.2 Å². The molecule has 198 valence electrons. The Morgan fingerprint density at radius 1 is 0.868 bits per heavy atom. The molecule has 0 bridgehead atoms. The van der Waals surface area contributed by atoms with Gasteiger partial charge in [-0.05, 0) is 61.7 Å². The molecule has 3 aromatic rings. The summed E-state index contributed by atoms with van der Waals surface area (Å²) < 4.78 is 33.6. The van der Waals surface area contributed by atoms with Crippen molar-refractivity contribution in [3.8, 4) is 11.5 Å². The van der Waals surface area contributed by atoms with E-state index in [-0.39, 0.29) is 29.9 Å². The molecule has 5 rings (SSSR count). The number of anilines is 3. The minimum atomic E-state index is -1.32. The van der Waals surface area contributed by atoms with E-state index in [2.05, 4.69) is 20.9 Å². The molecule has 1 aliphatic carbocycles. The normalized spacial score (nSPS) is 14.8. The molecule has 2 fully saturated rings. The zero-order valence-corrected chi connectivity index (χ0v) is 20.8. The molecule has 4 amide bonds. The lowest BCUT2D eigenvalue weighted by atomic mass is 10.0. The number of benzene rings is 2. The van der Waals surface area contributed by atoms with Crippen molar-refractivity contribution in [1.29, 1.82) is 0 Å². The number of hydrogen-bond donors (Lipinski definition) is 3. The molecule has 2 aromatic carbocycles. The highest BCUT2D eigenvalue weighted by molar-refractivity contribution is 6.16. The summed E-state index contributed by atoms with van der Waals surface area (Å²) in [6, 6.07) is 11.9. The van der Waals surface area contributed by atoms with Crippen molar-refractivity contribution < 1.29 is 27.9 Å². The first kappa shape index (κ1) is 26.8. The molecule has 2 heterocycles. The quantitative estimate of drug-likeness (QED) is 0.356. The first-order valence-corrected chi connectivity index (χ1v) is 11.7. The second-order valence-corrected chi connectivity index (χ2v) is 8.89. The van der Waals surface area contributed by atoms with Crippen LogP contribution in [0.15, 0.2) is 60.8 Å². The molecule has 1 aliphatic heterocycles. The predicted molar refractivity (Wildman–Crippen MR) is 138 cm³/mol. The van der Waals surface area contributed by atoms with Crippen LogP contribution < -0.4 is 20.7 Å². The zero-order valence-electron chi connectivity index (χ0n) is 20.0. The summed E-state index contributed by atoms with van der Waals surface area (Å²) in [4.78, 5) is 43.3. The molecule has 1 aromatic heterocycles. The second-order valence-electron chi connectivity index (χ2n) is 8.89. The van der Waals surface area contributed by atoms with Crippen LogP contribution in [0.5, 0.6) is 11.5 Å². The smallest absolute Gasteiger partial charge is 0.323 e. The van der Waals surface area contributed by atoms with E-state index in [4.69, 9.17) is 4.74 Å². The van der Waals surface area contributed by atoms with Gasteiger partial charge in [0, 0.05) is 37.1 Å². The summed E-state index contributed by atoms with van der Waals surface area (Å²) >= 11 is 0. The van der Waals surface area contributed by atoms with Gasteiger partial charge in [0.05, 0.1) is 5.69 Å². The van der Waals surface area contributed by atoms with Gasteiger partial charge in [0.2, 0.25) is 11.8 Å². The molecule has 0 atom stereocenters. The Labute approximate surface area is 223 Å². The Morgan fingerprint density at radius 2 is 1.55 bits per heavy atom. The highest BCUT2D eigenvalue weighted by Gasteiger charge is 2.56. The Bertz CT molecular complexity index is 1360. The van der Waals surface area contributed by atoms with Crippen molar-refractivity contribution in [2.24, 2.45) is 5.41 Å². The van der Waals surface area contributed by atoms with Gasteiger partial charge >= 0.3 is 6.03 Å². The fourth-order valence-corrected chi connectivity index (χ4v) is 3.76. The standard InChI is InChI=1S/C26H23F2N5O4.ClH/c27-16-2-4-17(5-3-16)30-23(34)26(9-10-26)24(35)31-21-7-6-18(14-20(21)28)37-19-8-11-29-22(15-19)32-25(36)33-12-1-13-33;/h2-8,11,14-15H,1,9-10,12-13H2,(H,30,34)(H,31,35)(H,29,32,36);1H. The minimum Gasteiger partial charge on any atom is -0.457 e. The van der Waals surface area contributed by atoms with Gasteiger partial charge < -0.3 is 20.3 Å². The summed E-state index contributed by atoms with van der Waals surface area (Å²) in [5.74, 6) is -1.56. The van der Waals surface area contributed by atoms with Gasteiger partial charge in [-0.1, -0.05) is 0 Å². The number of nitrogens with zero attached hydrogens (tertiary/aromatic N) is 2. The van der Waals surface area contributed by atoms with E-state index in [9.17, 15) is 23.2 Å². The number of halogens is 3. The molecular weight excluding hydrogens is 520 g/mol. The van der Waals surface area contributed by atoms with E-state index >= 15 is 0 Å². The molecule has 3 N–H and O–H groups in total. The first-order chi connectivity index (χ1) is 17.8. The van der Waals surface area contributed by atoms with Crippen LogP contribution in [-0.2, 0) is 9.59 Å². The number of pyridine rings is 1. The van der Waals surface area contributed by atoms with Crippen molar-refractivity contribution in [3.05, 3.63) is 72.4 Å². The summed E-state index contributed by atoms with van der Waals surface area (Å²) in [5.41, 5.74) is -1.06. The number of amides is 4. The Kier molecular flexibility index (Phi) is 7.77. The van der Waals surface area contributed by atoms with Gasteiger partial charge in [-0.2, -0.15) is 0 Å². The third-order valence-electron chi connectivity index (χ3n) is 6.26. The topological polar surface area (TPSA) is 113 Å². The average Bonchev–Trinajstić information content (AvgIpc) is 3.64. The van der Waals surface area contributed by atoms with Crippen LogP contribution in [0.2, 0.25) is 0 Å². The second kappa shape index (κ2) is 11.0. The molecule has 9 nitrogen and oxygen atoms in total. The molecule has 12 heteroatoms. The lowest BCUT2D eigenvalue weighted by molar-refractivity contribution is -0.131. The molecule has 0 radical (unpaired) electrons. The number of likely N-dealkylation sites (tertiary alicyclic amines) is 1. The third kappa shape index (κ3) is 5.83. The van der Waals surface area contributed by atoms with Crippen molar-refractivity contribution in [2.75, 3.05) is 29.0 Å². The predicted octanol–water partition coefficient (Wildman–Crippen LogP) is 5.17. The van der Waals surface area contributed by atoms with Crippen LogP contribution in [0.3, 0.4) is 0 Å².